The minimum atomic E-state index is -1.12. The number of hydrogen-bond acceptors (Lipinski definition) is 6. The van der Waals surface area contributed by atoms with Crippen molar-refractivity contribution in [1.29, 1.82) is 0 Å². The number of rotatable bonds is 5. The molecule has 9 nitrogen and oxygen atoms in total. The molecule has 0 radical (unpaired) electrons. The van der Waals surface area contributed by atoms with Gasteiger partial charge in [-0.25, -0.2) is 14.4 Å². The maximum absolute atomic E-state index is 13.3. The highest BCUT2D eigenvalue weighted by Gasteiger charge is 2.26. The van der Waals surface area contributed by atoms with Crippen molar-refractivity contribution in [1.82, 2.24) is 0 Å². The molecule has 1 heterocycles. The average Bonchev–Trinajstić information content (AvgIpc) is 2.97. The summed E-state index contributed by atoms with van der Waals surface area (Å²) in [5.74, 6) is -1.88. The Hall–Kier alpha value is -4.75. The number of aliphatic imine (C=N–C) groups is 1. The number of aryl methyl sites for hydroxylation is 1. The topological polar surface area (TPSA) is 136 Å². The number of para-hydroxylation sites is 2. The van der Waals surface area contributed by atoms with Crippen LogP contribution >= 0.6 is 0 Å². The van der Waals surface area contributed by atoms with Crippen LogP contribution in [-0.2, 0) is 4.79 Å². The number of carbonyl (C=O) groups is 3. The number of aromatic carboxylic acids is 2. The minimum absolute atomic E-state index is 0.0111. The summed E-state index contributed by atoms with van der Waals surface area (Å²) < 4.78 is 0. The molecule has 0 unspecified atom stereocenters. The smallest absolute Gasteiger partial charge is 0.335 e. The van der Waals surface area contributed by atoms with Crippen LogP contribution < -0.4 is 10.2 Å². The molecule has 3 aromatic carbocycles. The lowest BCUT2D eigenvalue weighted by Gasteiger charge is -2.30. The SMILES string of the molecule is Cc1ccc(C(=O)O)cc1C(=O)O.O=C=Nc1cc(C2CCCCC2)ccc1C(=O)N1CCNc2ccccc21. The van der Waals surface area contributed by atoms with E-state index < -0.39 is 11.9 Å². The fraction of sp³-hybridized carbons (Fsp3) is 0.290. The van der Waals surface area contributed by atoms with E-state index in [1.165, 1.54) is 37.0 Å². The number of isocyanates is 1. The number of nitrogens with one attached hydrogen (secondary N) is 1. The standard InChI is InChI=1S/C22H23N3O2.C9H8O4/c26-15-24-20-14-17(16-6-2-1-3-7-16)10-11-18(20)22(27)25-13-12-23-19-8-4-5-9-21(19)25;1-5-2-3-6(8(10)11)4-7(5)9(12)13/h4-5,8-11,14,16,23H,1-3,6-7,12-13H2;2-4H,1H3,(H,10,11)(H,12,13). The van der Waals surface area contributed by atoms with Crippen molar-refractivity contribution >= 4 is 41.0 Å². The first-order valence-corrected chi connectivity index (χ1v) is 13.2. The highest BCUT2D eigenvalue weighted by atomic mass is 16.4. The van der Waals surface area contributed by atoms with E-state index in [4.69, 9.17) is 10.2 Å². The third kappa shape index (κ3) is 6.45. The molecule has 5 rings (SSSR count). The van der Waals surface area contributed by atoms with E-state index in [-0.39, 0.29) is 17.0 Å². The first-order valence-electron chi connectivity index (χ1n) is 13.2. The highest BCUT2D eigenvalue weighted by molar-refractivity contribution is 6.11. The summed E-state index contributed by atoms with van der Waals surface area (Å²) in [5.41, 5.74) is 4.41. The summed E-state index contributed by atoms with van der Waals surface area (Å²) >= 11 is 0. The molecule has 0 bridgehead atoms. The summed E-state index contributed by atoms with van der Waals surface area (Å²) in [5, 5.41) is 20.6. The predicted molar refractivity (Wildman–Crippen MR) is 152 cm³/mol. The molecule has 3 N–H and O–H groups in total. The summed E-state index contributed by atoms with van der Waals surface area (Å²) in [6.45, 7) is 2.88. The largest absolute Gasteiger partial charge is 0.478 e. The Morgan fingerprint density at radius 1 is 0.925 bits per heavy atom. The second-order valence-corrected chi connectivity index (χ2v) is 9.86. The van der Waals surface area contributed by atoms with E-state index in [0.29, 0.717) is 35.8 Å². The molecule has 1 aliphatic carbocycles. The van der Waals surface area contributed by atoms with Gasteiger partial charge in [0.05, 0.1) is 33.8 Å². The lowest BCUT2D eigenvalue weighted by atomic mass is 9.83. The van der Waals surface area contributed by atoms with Crippen molar-refractivity contribution in [3.8, 4) is 0 Å². The van der Waals surface area contributed by atoms with E-state index in [2.05, 4.69) is 10.3 Å². The number of hydrogen-bond donors (Lipinski definition) is 3. The van der Waals surface area contributed by atoms with E-state index in [9.17, 15) is 19.2 Å². The second-order valence-electron chi connectivity index (χ2n) is 9.86. The van der Waals surface area contributed by atoms with E-state index in [1.807, 2.05) is 42.5 Å². The maximum atomic E-state index is 13.3. The van der Waals surface area contributed by atoms with Crippen molar-refractivity contribution < 1.29 is 29.4 Å². The Bertz CT molecular complexity index is 1470. The molecular formula is C31H31N3O6. The normalized spacial score (nSPS) is 14.5. The van der Waals surface area contributed by atoms with Gasteiger partial charge in [-0.05, 0) is 73.2 Å². The number of amides is 1. The molecule has 1 aliphatic heterocycles. The molecule has 0 atom stereocenters. The number of fused-ring (bicyclic) bond motifs is 1. The van der Waals surface area contributed by atoms with Gasteiger partial charge in [-0.15, -0.1) is 0 Å². The summed E-state index contributed by atoms with van der Waals surface area (Å²) in [6.07, 6.45) is 7.68. The molecular weight excluding hydrogens is 510 g/mol. The lowest BCUT2D eigenvalue weighted by molar-refractivity contribution is 0.0695. The van der Waals surface area contributed by atoms with Gasteiger partial charge in [0.2, 0.25) is 6.08 Å². The molecule has 9 heteroatoms. The molecule has 0 aromatic heterocycles. The van der Waals surface area contributed by atoms with Crippen molar-refractivity contribution in [2.45, 2.75) is 44.9 Å². The van der Waals surface area contributed by atoms with Gasteiger partial charge in [0, 0.05) is 13.1 Å². The molecule has 1 fully saturated rings. The van der Waals surface area contributed by atoms with Gasteiger partial charge in [-0.3, -0.25) is 4.79 Å². The first-order chi connectivity index (χ1) is 19.3. The van der Waals surface area contributed by atoms with Gasteiger partial charge in [-0.2, -0.15) is 4.99 Å². The highest BCUT2D eigenvalue weighted by Crippen LogP contribution is 2.36. The van der Waals surface area contributed by atoms with Crippen molar-refractivity contribution in [3.63, 3.8) is 0 Å². The van der Waals surface area contributed by atoms with Crippen molar-refractivity contribution in [2.75, 3.05) is 23.3 Å². The Morgan fingerprint density at radius 3 is 2.38 bits per heavy atom. The van der Waals surface area contributed by atoms with Gasteiger partial charge in [0.25, 0.3) is 5.91 Å². The van der Waals surface area contributed by atoms with Crippen LogP contribution in [-0.4, -0.2) is 47.2 Å². The minimum Gasteiger partial charge on any atom is -0.478 e. The summed E-state index contributed by atoms with van der Waals surface area (Å²) in [6, 6.07) is 17.5. The Balaban J connectivity index is 0.000000240. The van der Waals surface area contributed by atoms with Gasteiger partial charge in [0.15, 0.2) is 0 Å². The number of anilines is 2. The molecule has 1 amide bonds. The molecule has 40 heavy (non-hydrogen) atoms. The van der Waals surface area contributed by atoms with E-state index >= 15 is 0 Å². The zero-order valence-corrected chi connectivity index (χ0v) is 22.2. The quantitative estimate of drug-likeness (QED) is 0.260. The summed E-state index contributed by atoms with van der Waals surface area (Å²) in [7, 11) is 0. The lowest BCUT2D eigenvalue weighted by Crippen LogP contribution is -2.38. The van der Waals surface area contributed by atoms with Crippen LogP contribution in [0, 0.1) is 6.92 Å². The average molecular weight is 542 g/mol. The van der Waals surface area contributed by atoms with Crippen LogP contribution in [0.4, 0.5) is 17.1 Å². The molecule has 2 aliphatic rings. The van der Waals surface area contributed by atoms with E-state index in [1.54, 1.807) is 17.9 Å². The number of nitrogens with zero attached hydrogens (tertiary/aromatic N) is 2. The Kier molecular flexibility index (Phi) is 9.09. The Labute approximate surface area is 232 Å². The second kappa shape index (κ2) is 12.9. The molecule has 0 spiro atoms. The molecule has 1 saturated carbocycles. The Morgan fingerprint density at radius 2 is 1.68 bits per heavy atom. The van der Waals surface area contributed by atoms with Crippen LogP contribution in [0.15, 0.2) is 65.7 Å². The number of carboxylic acids is 2. The third-order valence-corrected chi connectivity index (χ3v) is 7.30. The number of benzene rings is 3. The van der Waals surface area contributed by atoms with Gasteiger partial charge in [0.1, 0.15) is 0 Å². The molecule has 0 saturated heterocycles. The summed E-state index contributed by atoms with van der Waals surface area (Å²) in [4.78, 5) is 51.0. The predicted octanol–water partition coefficient (Wildman–Crippen LogP) is 6.17. The van der Waals surface area contributed by atoms with Crippen molar-refractivity contribution in [3.05, 3.63) is 88.5 Å². The van der Waals surface area contributed by atoms with Gasteiger partial charge < -0.3 is 20.4 Å². The van der Waals surface area contributed by atoms with Crippen molar-refractivity contribution in [2.24, 2.45) is 4.99 Å². The first kappa shape index (κ1) is 28.3. The van der Waals surface area contributed by atoms with E-state index in [0.717, 1.165) is 30.3 Å². The molecule has 3 aromatic rings. The number of carboxylic acid groups (broad SMARTS) is 2. The molecule has 206 valence electrons. The van der Waals surface area contributed by atoms with Crippen LogP contribution in [0.3, 0.4) is 0 Å². The van der Waals surface area contributed by atoms with Gasteiger partial charge >= 0.3 is 11.9 Å². The van der Waals surface area contributed by atoms with Gasteiger partial charge in [-0.1, -0.05) is 43.5 Å². The van der Waals surface area contributed by atoms with Crippen LogP contribution in [0.2, 0.25) is 0 Å². The fourth-order valence-corrected chi connectivity index (χ4v) is 5.18. The number of carbonyl (C=O) groups excluding carboxylic acids is 2. The fourth-order valence-electron chi connectivity index (χ4n) is 5.18. The zero-order chi connectivity index (χ0) is 28.6. The third-order valence-electron chi connectivity index (χ3n) is 7.30. The van der Waals surface area contributed by atoms with Crippen LogP contribution in [0.1, 0.15) is 80.2 Å². The zero-order valence-electron chi connectivity index (χ0n) is 22.2. The van der Waals surface area contributed by atoms with Crippen LogP contribution in [0.25, 0.3) is 0 Å². The van der Waals surface area contributed by atoms with Crippen LogP contribution in [0.5, 0.6) is 0 Å². The monoisotopic (exact) mass is 541 g/mol. The maximum Gasteiger partial charge on any atom is 0.335 e.